The highest BCUT2D eigenvalue weighted by atomic mass is 19.1. The van der Waals surface area contributed by atoms with Gasteiger partial charge in [0, 0.05) is 17.2 Å². The number of benzene rings is 1. The van der Waals surface area contributed by atoms with Crippen LogP contribution < -0.4 is 0 Å². The van der Waals surface area contributed by atoms with Crippen LogP contribution in [0.15, 0.2) is 46.5 Å². The first kappa shape index (κ1) is 19.1. The van der Waals surface area contributed by atoms with Crippen molar-refractivity contribution in [2.75, 3.05) is 0 Å². The summed E-state index contributed by atoms with van der Waals surface area (Å²) in [5, 5.41) is 0. The Labute approximate surface area is 160 Å². The molecule has 3 nitrogen and oxygen atoms in total. The van der Waals surface area contributed by atoms with E-state index in [1.54, 1.807) is 24.0 Å². The van der Waals surface area contributed by atoms with Crippen molar-refractivity contribution in [3.8, 4) is 11.8 Å². The second kappa shape index (κ2) is 7.92. The second-order valence-electron chi connectivity index (χ2n) is 7.20. The highest BCUT2D eigenvalue weighted by Crippen LogP contribution is 2.42. The number of nitrogens with zero attached hydrogens (tertiary/aromatic N) is 2. The normalized spacial score (nSPS) is 20.1. The Morgan fingerprint density at radius 2 is 2.11 bits per heavy atom. The number of amides is 1. The third kappa shape index (κ3) is 4.03. The smallest absolute Gasteiger partial charge is 0.268 e. The predicted molar refractivity (Wildman–Crippen MR) is 107 cm³/mol. The number of hydrogen-bond donors (Lipinski definition) is 0. The molecule has 0 bridgehead atoms. The zero-order valence-electron chi connectivity index (χ0n) is 16.3. The Morgan fingerprint density at radius 1 is 1.37 bits per heavy atom. The molecule has 3 rings (SSSR count). The van der Waals surface area contributed by atoms with Crippen molar-refractivity contribution < 1.29 is 9.18 Å². The van der Waals surface area contributed by atoms with Gasteiger partial charge in [-0.1, -0.05) is 24.1 Å². The van der Waals surface area contributed by atoms with Gasteiger partial charge in [-0.05, 0) is 64.2 Å². The summed E-state index contributed by atoms with van der Waals surface area (Å²) in [7, 11) is 0. The molecule has 0 N–H and O–H groups in total. The number of carbonyl (C=O) groups is 1. The van der Waals surface area contributed by atoms with E-state index in [2.05, 4.69) is 16.8 Å². The second-order valence-corrected chi connectivity index (χ2v) is 7.20. The third-order valence-electron chi connectivity index (χ3n) is 4.73. The maximum absolute atomic E-state index is 14.7. The maximum Gasteiger partial charge on any atom is 0.268 e. The standard InChI is InChI=1S/C23H25FN2O/c1-5-8-18-13-16(6-2)22(25-15(3)4)26(23(18)27)14-20-19(17-11-12-17)9-7-10-21(20)24/h6-7,9-10,13,15,17H,11-12,14H2,1-4H3/b16-6-,25-22?. The molecular weight excluding hydrogens is 339 g/mol. The molecule has 0 atom stereocenters. The first-order valence-electron chi connectivity index (χ1n) is 9.44. The summed E-state index contributed by atoms with van der Waals surface area (Å²) in [5.41, 5.74) is 2.85. The molecule has 0 aromatic heterocycles. The van der Waals surface area contributed by atoms with E-state index < -0.39 is 0 Å². The van der Waals surface area contributed by atoms with Crippen molar-refractivity contribution >= 4 is 11.7 Å². The summed E-state index contributed by atoms with van der Waals surface area (Å²) in [5.74, 6) is 6.17. The van der Waals surface area contributed by atoms with Gasteiger partial charge in [0.15, 0.2) is 0 Å². The van der Waals surface area contributed by atoms with Gasteiger partial charge in [-0.3, -0.25) is 14.7 Å². The Balaban J connectivity index is 2.09. The molecule has 1 aromatic carbocycles. The largest absolute Gasteiger partial charge is 0.287 e. The monoisotopic (exact) mass is 364 g/mol. The molecule has 1 heterocycles. The topological polar surface area (TPSA) is 32.7 Å². The summed E-state index contributed by atoms with van der Waals surface area (Å²) in [6.07, 6.45) is 5.84. The molecule has 1 amide bonds. The van der Waals surface area contributed by atoms with Gasteiger partial charge in [0.25, 0.3) is 5.91 Å². The minimum Gasteiger partial charge on any atom is -0.287 e. The van der Waals surface area contributed by atoms with Crippen molar-refractivity contribution in [3.63, 3.8) is 0 Å². The summed E-state index contributed by atoms with van der Waals surface area (Å²) in [4.78, 5) is 19.4. The van der Waals surface area contributed by atoms with Crippen molar-refractivity contribution in [2.45, 2.75) is 59.0 Å². The van der Waals surface area contributed by atoms with Crippen molar-refractivity contribution in [3.05, 3.63) is 58.4 Å². The van der Waals surface area contributed by atoms with E-state index >= 15 is 0 Å². The molecule has 1 aromatic rings. The van der Waals surface area contributed by atoms with Gasteiger partial charge in [0.2, 0.25) is 0 Å². The fourth-order valence-electron chi connectivity index (χ4n) is 3.33. The third-order valence-corrected chi connectivity index (χ3v) is 4.73. The number of allylic oxidation sites excluding steroid dienone is 1. The van der Waals surface area contributed by atoms with Crippen LogP contribution in [0.3, 0.4) is 0 Å². The molecule has 1 aliphatic heterocycles. The van der Waals surface area contributed by atoms with Gasteiger partial charge in [-0.25, -0.2) is 4.39 Å². The van der Waals surface area contributed by atoms with Gasteiger partial charge in [0.05, 0.1) is 12.1 Å². The molecule has 0 unspecified atom stereocenters. The lowest BCUT2D eigenvalue weighted by Gasteiger charge is -2.30. The van der Waals surface area contributed by atoms with Gasteiger partial charge in [0.1, 0.15) is 11.7 Å². The van der Waals surface area contributed by atoms with Crippen LogP contribution in [0.5, 0.6) is 0 Å². The number of carbonyl (C=O) groups excluding carboxylic acids is 1. The van der Waals surface area contributed by atoms with Crippen LogP contribution in [0.25, 0.3) is 0 Å². The average molecular weight is 364 g/mol. The Bertz CT molecular complexity index is 908. The molecule has 140 valence electrons. The van der Waals surface area contributed by atoms with Gasteiger partial charge >= 0.3 is 0 Å². The van der Waals surface area contributed by atoms with Crippen molar-refractivity contribution in [1.82, 2.24) is 4.90 Å². The van der Waals surface area contributed by atoms with Crippen LogP contribution in [-0.4, -0.2) is 22.7 Å². The summed E-state index contributed by atoms with van der Waals surface area (Å²) >= 11 is 0. The van der Waals surface area contributed by atoms with Crippen LogP contribution in [0, 0.1) is 17.7 Å². The van der Waals surface area contributed by atoms with Gasteiger partial charge in [-0.15, -0.1) is 5.92 Å². The predicted octanol–water partition coefficient (Wildman–Crippen LogP) is 4.75. The Kier molecular flexibility index (Phi) is 5.60. The quantitative estimate of drug-likeness (QED) is 0.710. The fraction of sp³-hybridized carbons (Fsp3) is 0.391. The molecule has 1 fully saturated rings. The number of hydrogen-bond acceptors (Lipinski definition) is 2. The zero-order valence-corrected chi connectivity index (χ0v) is 16.3. The fourth-order valence-corrected chi connectivity index (χ4v) is 3.33. The van der Waals surface area contributed by atoms with Crippen LogP contribution >= 0.6 is 0 Å². The lowest BCUT2D eigenvalue weighted by Crippen LogP contribution is -2.41. The first-order chi connectivity index (χ1) is 13.0. The van der Waals surface area contributed by atoms with Gasteiger partial charge < -0.3 is 0 Å². The summed E-state index contributed by atoms with van der Waals surface area (Å²) in [6.45, 7) is 7.71. The number of amidine groups is 1. The van der Waals surface area contributed by atoms with Crippen LogP contribution in [-0.2, 0) is 11.3 Å². The lowest BCUT2D eigenvalue weighted by atomic mass is 9.98. The van der Waals surface area contributed by atoms with Crippen molar-refractivity contribution in [1.29, 1.82) is 0 Å². The van der Waals surface area contributed by atoms with E-state index in [0.29, 0.717) is 22.9 Å². The maximum atomic E-state index is 14.7. The minimum absolute atomic E-state index is 0.0148. The Hall–Kier alpha value is -2.67. The number of rotatable bonds is 4. The van der Waals surface area contributed by atoms with Crippen LogP contribution in [0.1, 0.15) is 57.6 Å². The molecular formula is C23H25FN2O. The molecule has 27 heavy (non-hydrogen) atoms. The van der Waals surface area contributed by atoms with Gasteiger partial charge in [-0.2, -0.15) is 0 Å². The summed E-state index contributed by atoms with van der Waals surface area (Å²) < 4.78 is 14.7. The summed E-state index contributed by atoms with van der Waals surface area (Å²) in [6, 6.07) is 5.21. The van der Waals surface area contributed by atoms with E-state index in [1.165, 1.54) is 6.07 Å². The highest BCUT2D eigenvalue weighted by molar-refractivity contribution is 6.19. The zero-order chi connectivity index (χ0) is 19.6. The molecule has 0 radical (unpaired) electrons. The van der Waals surface area contributed by atoms with E-state index in [-0.39, 0.29) is 24.3 Å². The molecule has 1 aliphatic carbocycles. The van der Waals surface area contributed by atoms with E-state index in [4.69, 9.17) is 0 Å². The van der Waals surface area contributed by atoms with E-state index in [0.717, 1.165) is 24.0 Å². The lowest BCUT2D eigenvalue weighted by molar-refractivity contribution is -0.123. The molecule has 1 saturated carbocycles. The first-order valence-corrected chi connectivity index (χ1v) is 9.44. The Morgan fingerprint density at radius 3 is 2.70 bits per heavy atom. The molecule has 4 heteroatoms. The van der Waals surface area contributed by atoms with Crippen molar-refractivity contribution in [2.24, 2.45) is 4.99 Å². The molecule has 2 aliphatic rings. The SMILES string of the molecule is CC#CC1=C/C(=C/C)C(=NC(C)C)N(Cc2c(F)cccc2C2CC2)C1=O. The average Bonchev–Trinajstić information content (AvgIpc) is 3.46. The van der Waals surface area contributed by atoms with Crippen LogP contribution in [0.4, 0.5) is 4.39 Å². The molecule has 0 spiro atoms. The highest BCUT2D eigenvalue weighted by Gasteiger charge is 2.33. The van der Waals surface area contributed by atoms with E-state index in [9.17, 15) is 9.18 Å². The molecule has 0 saturated heterocycles. The minimum atomic E-state index is -0.268. The van der Waals surface area contributed by atoms with Crippen LogP contribution in [0.2, 0.25) is 0 Å². The van der Waals surface area contributed by atoms with E-state index in [1.807, 2.05) is 32.9 Å². The number of halogens is 1. The number of aliphatic imine (C=N–C) groups is 1.